The molecule has 0 radical (unpaired) electrons. The molecule has 1 aliphatic heterocycles. The molecule has 0 amide bonds. The Bertz CT molecular complexity index is 163. The number of nitrogens with zero attached hydrogens (tertiary/aromatic N) is 2. The van der Waals surface area contributed by atoms with E-state index in [0.29, 0.717) is 0 Å². The number of hydrogen-bond donors (Lipinski definition) is 1. The van der Waals surface area contributed by atoms with Gasteiger partial charge in [-0.25, -0.2) is 0 Å². The van der Waals surface area contributed by atoms with Crippen LogP contribution in [0.4, 0.5) is 0 Å². The topological polar surface area (TPSA) is 18.5 Å². The fourth-order valence-electron chi connectivity index (χ4n) is 2.32. The van der Waals surface area contributed by atoms with Gasteiger partial charge >= 0.3 is 0 Å². The van der Waals surface area contributed by atoms with Crippen molar-refractivity contribution in [3.05, 3.63) is 0 Å². The molecular weight excluding hydrogens is 198 g/mol. The third-order valence-corrected chi connectivity index (χ3v) is 3.60. The summed E-state index contributed by atoms with van der Waals surface area (Å²) in [6.07, 6.45) is 5.27. The van der Waals surface area contributed by atoms with Crippen molar-refractivity contribution in [2.75, 3.05) is 46.8 Å². The minimum atomic E-state index is 0.810. The maximum Gasteiger partial charge on any atom is 0.0113 e. The molecule has 3 heteroatoms. The molecule has 0 unspecified atom stereocenters. The molecule has 0 spiro atoms. The van der Waals surface area contributed by atoms with E-state index in [1.807, 2.05) is 0 Å². The average molecular weight is 227 g/mol. The minimum Gasteiger partial charge on any atom is -0.315 e. The van der Waals surface area contributed by atoms with Gasteiger partial charge in [-0.15, -0.1) is 0 Å². The molecule has 0 atom stereocenters. The first-order valence-electron chi connectivity index (χ1n) is 6.83. The quantitative estimate of drug-likeness (QED) is 0.663. The first-order chi connectivity index (χ1) is 7.74. The Morgan fingerprint density at radius 2 is 1.88 bits per heavy atom. The monoisotopic (exact) mass is 227 g/mol. The lowest BCUT2D eigenvalue weighted by Gasteiger charge is -2.35. The molecular formula is C13H29N3. The van der Waals surface area contributed by atoms with Crippen LogP contribution in [0.3, 0.4) is 0 Å². The van der Waals surface area contributed by atoms with Gasteiger partial charge in [-0.2, -0.15) is 0 Å². The van der Waals surface area contributed by atoms with Gasteiger partial charge in [0.2, 0.25) is 0 Å². The Morgan fingerprint density at radius 1 is 1.19 bits per heavy atom. The number of likely N-dealkylation sites (tertiary alicyclic amines) is 1. The van der Waals surface area contributed by atoms with Gasteiger partial charge in [0.1, 0.15) is 0 Å². The van der Waals surface area contributed by atoms with Crippen LogP contribution >= 0.6 is 0 Å². The molecule has 0 aromatic heterocycles. The largest absolute Gasteiger partial charge is 0.315 e. The molecule has 1 fully saturated rings. The van der Waals surface area contributed by atoms with Gasteiger partial charge in [0.05, 0.1) is 0 Å². The highest BCUT2D eigenvalue weighted by Crippen LogP contribution is 2.13. The predicted octanol–water partition coefficient (Wildman–Crippen LogP) is 1.40. The highest BCUT2D eigenvalue weighted by Gasteiger charge is 2.19. The molecule has 1 saturated heterocycles. The molecule has 16 heavy (non-hydrogen) atoms. The normalized spacial score (nSPS) is 19.5. The molecule has 1 rings (SSSR count). The molecule has 1 heterocycles. The molecule has 0 saturated carbocycles. The van der Waals surface area contributed by atoms with Crippen molar-refractivity contribution in [2.24, 2.45) is 0 Å². The second-order valence-electron chi connectivity index (χ2n) is 5.14. The van der Waals surface area contributed by atoms with Gasteiger partial charge in [-0.3, -0.25) is 0 Å². The molecule has 1 N–H and O–H groups in total. The lowest BCUT2D eigenvalue weighted by molar-refractivity contribution is 0.145. The van der Waals surface area contributed by atoms with Crippen LogP contribution in [0.1, 0.15) is 32.6 Å². The smallest absolute Gasteiger partial charge is 0.0113 e. The summed E-state index contributed by atoms with van der Waals surface area (Å²) in [7, 11) is 4.40. The first-order valence-corrected chi connectivity index (χ1v) is 6.83. The molecule has 96 valence electrons. The maximum atomic E-state index is 3.52. The van der Waals surface area contributed by atoms with Gasteiger partial charge in [0.15, 0.2) is 0 Å². The lowest BCUT2D eigenvalue weighted by Crippen LogP contribution is -2.44. The Morgan fingerprint density at radius 3 is 2.44 bits per heavy atom. The second kappa shape index (κ2) is 8.04. The standard InChI is InChI=1S/C13H29N3/c1-4-5-8-14-9-12-16-10-6-13(7-11-16)15(2)3/h13-14H,4-12H2,1-3H3. The SMILES string of the molecule is CCCCNCCN1CCC(N(C)C)CC1. The van der Waals surface area contributed by atoms with E-state index in [0.717, 1.165) is 12.6 Å². The number of unbranched alkanes of at least 4 members (excludes halogenated alkanes) is 1. The molecule has 0 bridgehead atoms. The Kier molecular flexibility index (Phi) is 7.01. The summed E-state index contributed by atoms with van der Waals surface area (Å²) in [4.78, 5) is 4.97. The van der Waals surface area contributed by atoms with Gasteiger partial charge in [-0.1, -0.05) is 13.3 Å². The van der Waals surface area contributed by atoms with Crippen LogP contribution in [0, 0.1) is 0 Å². The number of piperidine rings is 1. The fourth-order valence-corrected chi connectivity index (χ4v) is 2.32. The van der Waals surface area contributed by atoms with Crippen molar-refractivity contribution in [3.8, 4) is 0 Å². The summed E-state index contributed by atoms with van der Waals surface area (Å²) in [6.45, 7) is 8.37. The molecule has 1 aliphatic rings. The van der Waals surface area contributed by atoms with Crippen molar-refractivity contribution in [1.29, 1.82) is 0 Å². The third kappa shape index (κ3) is 5.28. The second-order valence-corrected chi connectivity index (χ2v) is 5.14. The number of hydrogen-bond acceptors (Lipinski definition) is 3. The fraction of sp³-hybridized carbons (Fsp3) is 1.00. The van der Waals surface area contributed by atoms with E-state index in [9.17, 15) is 0 Å². The van der Waals surface area contributed by atoms with Crippen molar-refractivity contribution < 1.29 is 0 Å². The average Bonchev–Trinajstić information content (AvgIpc) is 2.29. The van der Waals surface area contributed by atoms with Crippen LogP contribution < -0.4 is 5.32 Å². The van der Waals surface area contributed by atoms with Gasteiger partial charge in [0, 0.05) is 19.1 Å². The summed E-state index contributed by atoms with van der Waals surface area (Å²) in [6, 6.07) is 0.810. The van der Waals surface area contributed by atoms with E-state index in [1.54, 1.807) is 0 Å². The van der Waals surface area contributed by atoms with Crippen molar-refractivity contribution in [1.82, 2.24) is 15.1 Å². The van der Waals surface area contributed by atoms with Gasteiger partial charge < -0.3 is 15.1 Å². The van der Waals surface area contributed by atoms with Gasteiger partial charge in [0.25, 0.3) is 0 Å². The minimum absolute atomic E-state index is 0.810. The van der Waals surface area contributed by atoms with Crippen LogP contribution in [-0.4, -0.2) is 62.7 Å². The van der Waals surface area contributed by atoms with E-state index in [1.165, 1.54) is 51.9 Å². The van der Waals surface area contributed by atoms with Crippen LogP contribution in [-0.2, 0) is 0 Å². The molecule has 0 aromatic carbocycles. The lowest BCUT2D eigenvalue weighted by atomic mass is 10.0. The van der Waals surface area contributed by atoms with Crippen molar-refractivity contribution in [2.45, 2.75) is 38.6 Å². The van der Waals surface area contributed by atoms with E-state index in [4.69, 9.17) is 0 Å². The van der Waals surface area contributed by atoms with Crippen molar-refractivity contribution in [3.63, 3.8) is 0 Å². The zero-order chi connectivity index (χ0) is 11.8. The van der Waals surface area contributed by atoms with Crippen LogP contribution in [0.25, 0.3) is 0 Å². The first kappa shape index (κ1) is 13.9. The summed E-state index contributed by atoms with van der Waals surface area (Å²) < 4.78 is 0. The molecule has 0 aromatic rings. The Hall–Kier alpha value is -0.120. The zero-order valence-electron chi connectivity index (χ0n) is 11.3. The van der Waals surface area contributed by atoms with E-state index >= 15 is 0 Å². The van der Waals surface area contributed by atoms with Crippen LogP contribution in [0.2, 0.25) is 0 Å². The Labute approximate surface area is 101 Å². The van der Waals surface area contributed by atoms with E-state index in [2.05, 4.69) is 36.1 Å². The highest BCUT2D eigenvalue weighted by molar-refractivity contribution is 4.77. The maximum absolute atomic E-state index is 3.52. The third-order valence-electron chi connectivity index (χ3n) is 3.60. The highest BCUT2D eigenvalue weighted by atomic mass is 15.2. The number of rotatable bonds is 7. The summed E-state index contributed by atoms with van der Waals surface area (Å²) in [5.74, 6) is 0. The molecule has 0 aliphatic carbocycles. The summed E-state index contributed by atoms with van der Waals surface area (Å²) in [5, 5.41) is 3.52. The zero-order valence-corrected chi connectivity index (χ0v) is 11.3. The van der Waals surface area contributed by atoms with Crippen LogP contribution in [0.15, 0.2) is 0 Å². The summed E-state index contributed by atoms with van der Waals surface area (Å²) >= 11 is 0. The van der Waals surface area contributed by atoms with Crippen LogP contribution in [0.5, 0.6) is 0 Å². The number of nitrogens with one attached hydrogen (secondary N) is 1. The van der Waals surface area contributed by atoms with E-state index < -0.39 is 0 Å². The molecule has 3 nitrogen and oxygen atoms in total. The van der Waals surface area contributed by atoms with Crippen molar-refractivity contribution >= 4 is 0 Å². The Balaban J connectivity index is 1.99. The van der Waals surface area contributed by atoms with Gasteiger partial charge in [-0.05, 0) is 53.0 Å². The van der Waals surface area contributed by atoms with E-state index in [-0.39, 0.29) is 0 Å². The summed E-state index contributed by atoms with van der Waals surface area (Å²) in [5.41, 5.74) is 0. The predicted molar refractivity (Wildman–Crippen MR) is 70.9 cm³/mol.